The minimum absolute atomic E-state index is 0.479. The number of aryl methyl sites for hydroxylation is 1. The maximum absolute atomic E-state index is 5.09. The van der Waals surface area contributed by atoms with Gasteiger partial charge in [0, 0.05) is 5.69 Å². The minimum atomic E-state index is 0.479. The molecule has 0 unspecified atom stereocenters. The molecule has 15 heavy (non-hydrogen) atoms. The second kappa shape index (κ2) is 6.37. The molecule has 0 saturated heterocycles. The van der Waals surface area contributed by atoms with Gasteiger partial charge in [-0.05, 0) is 37.7 Å². The Hall–Kier alpha value is -1.13. The van der Waals surface area contributed by atoms with Crippen molar-refractivity contribution < 1.29 is 4.84 Å². The number of anilines is 1. The fourth-order valence-electron chi connectivity index (χ4n) is 1.01. The van der Waals surface area contributed by atoms with Crippen molar-refractivity contribution in [3.63, 3.8) is 0 Å². The first kappa shape index (κ1) is 11.9. The van der Waals surface area contributed by atoms with E-state index in [-0.39, 0.29) is 0 Å². The molecule has 0 aliphatic rings. The van der Waals surface area contributed by atoms with E-state index in [4.69, 9.17) is 17.1 Å². The SMILES string of the molecule is CCCONC(=S)Nc1ccc(C)cc1. The van der Waals surface area contributed by atoms with E-state index in [0.717, 1.165) is 12.1 Å². The molecule has 1 aromatic carbocycles. The number of benzene rings is 1. The van der Waals surface area contributed by atoms with Crippen molar-refractivity contribution in [1.29, 1.82) is 0 Å². The minimum Gasteiger partial charge on any atom is -0.331 e. The summed E-state index contributed by atoms with van der Waals surface area (Å²) in [4.78, 5) is 5.09. The zero-order chi connectivity index (χ0) is 11.1. The highest BCUT2D eigenvalue weighted by atomic mass is 32.1. The van der Waals surface area contributed by atoms with E-state index < -0.39 is 0 Å². The summed E-state index contributed by atoms with van der Waals surface area (Å²) in [5.41, 5.74) is 4.85. The highest BCUT2D eigenvalue weighted by molar-refractivity contribution is 7.80. The van der Waals surface area contributed by atoms with Gasteiger partial charge >= 0.3 is 0 Å². The molecule has 0 fully saturated rings. The molecule has 0 aliphatic carbocycles. The molecule has 0 aliphatic heterocycles. The largest absolute Gasteiger partial charge is 0.331 e. The van der Waals surface area contributed by atoms with Crippen LogP contribution in [-0.2, 0) is 4.84 Å². The molecule has 0 spiro atoms. The van der Waals surface area contributed by atoms with Gasteiger partial charge in [-0.15, -0.1) is 0 Å². The average Bonchev–Trinajstić information content (AvgIpc) is 2.22. The van der Waals surface area contributed by atoms with E-state index in [1.807, 2.05) is 38.1 Å². The Morgan fingerprint density at radius 3 is 2.60 bits per heavy atom. The molecule has 2 N–H and O–H groups in total. The lowest BCUT2D eigenvalue weighted by Gasteiger charge is -2.09. The predicted molar refractivity (Wildman–Crippen MR) is 66.8 cm³/mol. The van der Waals surface area contributed by atoms with E-state index >= 15 is 0 Å². The molecular formula is C11H16N2OS. The van der Waals surface area contributed by atoms with Crippen LogP contribution >= 0.6 is 12.2 Å². The van der Waals surface area contributed by atoms with Gasteiger partial charge < -0.3 is 5.32 Å². The van der Waals surface area contributed by atoms with Crippen molar-refractivity contribution in [1.82, 2.24) is 5.48 Å². The molecule has 3 nitrogen and oxygen atoms in total. The van der Waals surface area contributed by atoms with Gasteiger partial charge in [0.05, 0.1) is 6.61 Å². The highest BCUT2D eigenvalue weighted by Gasteiger charge is 1.96. The molecule has 0 saturated carbocycles. The molecule has 0 radical (unpaired) electrons. The summed E-state index contributed by atoms with van der Waals surface area (Å²) in [7, 11) is 0. The number of rotatable bonds is 4. The zero-order valence-corrected chi connectivity index (χ0v) is 9.86. The molecule has 0 bridgehead atoms. The summed E-state index contributed by atoms with van der Waals surface area (Å²) in [6.45, 7) is 4.73. The van der Waals surface area contributed by atoms with Gasteiger partial charge in [-0.1, -0.05) is 24.6 Å². The van der Waals surface area contributed by atoms with Gasteiger partial charge in [0.1, 0.15) is 0 Å². The first-order valence-corrected chi connectivity index (χ1v) is 5.38. The lowest BCUT2D eigenvalue weighted by molar-refractivity contribution is 0.0872. The van der Waals surface area contributed by atoms with Crippen molar-refractivity contribution in [2.75, 3.05) is 11.9 Å². The van der Waals surface area contributed by atoms with Crippen LogP contribution in [0.3, 0.4) is 0 Å². The predicted octanol–water partition coefficient (Wildman–Crippen LogP) is 2.62. The van der Waals surface area contributed by atoms with E-state index in [1.54, 1.807) is 0 Å². The lowest BCUT2D eigenvalue weighted by Crippen LogP contribution is -2.28. The van der Waals surface area contributed by atoms with Crippen LogP contribution in [0.15, 0.2) is 24.3 Å². The van der Waals surface area contributed by atoms with Crippen molar-refractivity contribution >= 4 is 23.0 Å². The maximum Gasteiger partial charge on any atom is 0.195 e. The van der Waals surface area contributed by atoms with E-state index in [1.165, 1.54) is 5.56 Å². The van der Waals surface area contributed by atoms with Gasteiger partial charge in [-0.25, -0.2) is 5.48 Å². The summed E-state index contributed by atoms with van der Waals surface area (Å²) in [6, 6.07) is 8.00. The van der Waals surface area contributed by atoms with E-state index in [0.29, 0.717) is 11.7 Å². The number of nitrogens with one attached hydrogen (secondary N) is 2. The number of hydrogen-bond donors (Lipinski definition) is 2. The van der Waals surface area contributed by atoms with Gasteiger partial charge in [0.25, 0.3) is 0 Å². The van der Waals surface area contributed by atoms with Crippen molar-refractivity contribution in [2.24, 2.45) is 0 Å². The van der Waals surface area contributed by atoms with Crippen LogP contribution < -0.4 is 10.8 Å². The summed E-state index contributed by atoms with van der Waals surface area (Å²) < 4.78 is 0. The van der Waals surface area contributed by atoms with Gasteiger partial charge in [0.15, 0.2) is 5.11 Å². The third-order valence-corrected chi connectivity index (χ3v) is 1.97. The molecule has 1 aromatic rings. The zero-order valence-electron chi connectivity index (χ0n) is 9.04. The Bertz CT molecular complexity index is 311. The standard InChI is InChI=1S/C11H16N2OS/c1-3-8-14-13-11(15)12-10-6-4-9(2)5-7-10/h4-7H,3,8H2,1-2H3,(H2,12,13,15). The Labute approximate surface area is 95.8 Å². The van der Waals surface area contributed by atoms with Gasteiger partial charge in [-0.2, -0.15) is 0 Å². The number of thiocarbonyl (C=S) groups is 1. The second-order valence-corrected chi connectivity index (χ2v) is 3.68. The van der Waals surface area contributed by atoms with E-state index in [2.05, 4.69) is 10.8 Å². The molecule has 1 rings (SSSR count). The molecule has 4 heteroatoms. The van der Waals surface area contributed by atoms with Gasteiger partial charge in [-0.3, -0.25) is 4.84 Å². The summed E-state index contributed by atoms with van der Waals surface area (Å²) >= 11 is 5.03. The monoisotopic (exact) mass is 224 g/mol. The first-order chi connectivity index (χ1) is 7.22. The first-order valence-electron chi connectivity index (χ1n) is 4.98. The van der Waals surface area contributed by atoms with Crippen LogP contribution in [-0.4, -0.2) is 11.7 Å². The Kier molecular flexibility index (Phi) is 5.07. The molecule has 0 aromatic heterocycles. The van der Waals surface area contributed by atoms with Gasteiger partial charge in [0.2, 0.25) is 0 Å². The number of hydrogen-bond acceptors (Lipinski definition) is 2. The number of hydroxylamine groups is 1. The smallest absolute Gasteiger partial charge is 0.195 e. The maximum atomic E-state index is 5.09. The highest BCUT2D eigenvalue weighted by Crippen LogP contribution is 2.07. The quantitative estimate of drug-likeness (QED) is 0.468. The summed E-state index contributed by atoms with van der Waals surface area (Å²) in [5, 5.41) is 3.50. The molecule has 0 heterocycles. The Morgan fingerprint density at radius 2 is 2.00 bits per heavy atom. The second-order valence-electron chi connectivity index (χ2n) is 3.27. The van der Waals surface area contributed by atoms with Crippen LogP contribution in [0.2, 0.25) is 0 Å². The van der Waals surface area contributed by atoms with Crippen LogP contribution in [0.5, 0.6) is 0 Å². The molecule has 0 amide bonds. The Morgan fingerprint density at radius 1 is 1.33 bits per heavy atom. The normalized spacial score (nSPS) is 9.73. The average molecular weight is 224 g/mol. The van der Waals surface area contributed by atoms with Crippen molar-refractivity contribution in [2.45, 2.75) is 20.3 Å². The third kappa shape index (κ3) is 4.76. The van der Waals surface area contributed by atoms with E-state index in [9.17, 15) is 0 Å². The fourth-order valence-corrected chi connectivity index (χ4v) is 1.19. The topological polar surface area (TPSA) is 33.3 Å². The third-order valence-electron chi connectivity index (χ3n) is 1.78. The summed E-state index contributed by atoms with van der Waals surface area (Å²) in [5.74, 6) is 0. The van der Waals surface area contributed by atoms with Crippen LogP contribution in [0, 0.1) is 6.92 Å². The fraction of sp³-hybridized carbons (Fsp3) is 0.364. The van der Waals surface area contributed by atoms with Crippen molar-refractivity contribution in [3.05, 3.63) is 29.8 Å². The van der Waals surface area contributed by atoms with Crippen molar-refractivity contribution in [3.8, 4) is 0 Å². The molecular weight excluding hydrogens is 208 g/mol. The van der Waals surface area contributed by atoms with Crippen LogP contribution in [0.1, 0.15) is 18.9 Å². The summed E-state index contributed by atoms with van der Waals surface area (Å²) in [6.07, 6.45) is 0.958. The Balaban J connectivity index is 2.34. The lowest BCUT2D eigenvalue weighted by atomic mass is 10.2. The molecule has 0 atom stereocenters. The van der Waals surface area contributed by atoms with Crippen LogP contribution in [0.4, 0.5) is 5.69 Å². The molecule has 82 valence electrons. The van der Waals surface area contributed by atoms with Crippen LogP contribution in [0.25, 0.3) is 0 Å².